The zero-order valence-corrected chi connectivity index (χ0v) is 11.9. The Bertz CT molecular complexity index is 599. The second-order valence-electron chi connectivity index (χ2n) is 4.69. The minimum Gasteiger partial charge on any atom is -0.480 e. The molecule has 0 aliphatic carbocycles. The van der Waals surface area contributed by atoms with Gasteiger partial charge in [0.25, 0.3) is 0 Å². The number of furan rings is 1. The Morgan fingerprint density at radius 3 is 2.77 bits per heavy atom. The van der Waals surface area contributed by atoms with E-state index in [2.05, 4.69) is 15.6 Å². The number of nitrogens with one attached hydrogen (secondary N) is 2. The fraction of sp³-hybridized carbons (Fsp3) is 0.267. The van der Waals surface area contributed by atoms with Crippen LogP contribution in [0.2, 0.25) is 0 Å². The number of pyridine rings is 1. The summed E-state index contributed by atoms with van der Waals surface area (Å²) in [5.41, 5.74) is 0.852. The average molecular weight is 303 g/mol. The Labute approximate surface area is 127 Å². The number of carboxylic acids is 1. The van der Waals surface area contributed by atoms with Gasteiger partial charge in [0.1, 0.15) is 11.8 Å². The molecule has 0 saturated heterocycles. The summed E-state index contributed by atoms with van der Waals surface area (Å²) in [6.07, 6.45) is 4.64. The van der Waals surface area contributed by atoms with Gasteiger partial charge in [0, 0.05) is 18.9 Å². The SMILES string of the molecule is O=C(CC(NCc1cccnc1)C(=O)O)NCc1ccco1. The van der Waals surface area contributed by atoms with Crippen LogP contribution in [0.4, 0.5) is 0 Å². The molecule has 0 fully saturated rings. The quantitative estimate of drug-likeness (QED) is 0.670. The Morgan fingerprint density at radius 1 is 1.27 bits per heavy atom. The number of rotatable bonds is 8. The topological polar surface area (TPSA) is 104 Å². The van der Waals surface area contributed by atoms with Crippen molar-refractivity contribution in [2.45, 2.75) is 25.6 Å². The highest BCUT2D eigenvalue weighted by Gasteiger charge is 2.20. The van der Waals surface area contributed by atoms with Gasteiger partial charge in [0.05, 0.1) is 19.2 Å². The molecule has 2 rings (SSSR count). The van der Waals surface area contributed by atoms with Crippen LogP contribution in [-0.2, 0) is 22.7 Å². The number of nitrogens with zero attached hydrogens (tertiary/aromatic N) is 1. The Hall–Kier alpha value is -2.67. The summed E-state index contributed by atoms with van der Waals surface area (Å²) < 4.78 is 5.09. The molecular weight excluding hydrogens is 286 g/mol. The van der Waals surface area contributed by atoms with Crippen molar-refractivity contribution in [3.63, 3.8) is 0 Å². The van der Waals surface area contributed by atoms with E-state index in [0.29, 0.717) is 12.3 Å². The van der Waals surface area contributed by atoms with E-state index in [4.69, 9.17) is 4.42 Å². The molecule has 0 aromatic carbocycles. The third-order valence-electron chi connectivity index (χ3n) is 3.00. The highest BCUT2D eigenvalue weighted by Crippen LogP contribution is 2.01. The highest BCUT2D eigenvalue weighted by molar-refractivity contribution is 5.84. The van der Waals surface area contributed by atoms with Crippen LogP contribution >= 0.6 is 0 Å². The first-order chi connectivity index (χ1) is 10.6. The van der Waals surface area contributed by atoms with Crippen LogP contribution in [0.15, 0.2) is 47.3 Å². The molecule has 2 aromatic heterocycles. The summed E-state index contributed by atoms with van der Waals surface area (Å²) in [6, 6.07) is 6.09. The van der Waals surface area contributed by atoms with Crippen LogP contribution in [-0.4, -0.2) is 28.0 Å². The van der Waals surface area contributed by atoms with Crippen LogP contribution in [0.5, 0.6) is 0 Å². The average Bonchev–Trinajstić information content (AvgIpc) is 3.03. The predicted octanol–water partition coefficient (Wildman–Crippen LogP) is 0.924. The molecule has 7 heteroatoms. The number of carboxylic acid groups (broad SMARTS) is 1. The third kappa shape index (κ3) is 5.02. The highest BCUT2D eigenvalue weighted by atomic mass is 16.4. The number of aliphatic carboxylic acids is 1. The van der Waals surface area contributed by atoms with E-state index in [-0.39, 0.29) is 18.9 Å². The minimum absolute atomic E-state index is 0.156. The molecule has 2 heterocycles. The van der Waals surface area contributed by atoms with Gasteiger partial charge in [-0.05, 0) is 23.8 Å². The molecule has 1 unspecified atom stereocenters. The van der Waals surface area contributed by atoms with E-state index in [1.165, 1.54) is 6.26 Å². The first kappa shape index (κ1) is 15.7. The smallest absolute Gasteiger partial charge is 0.321 e. The maximum Gasteiger partial charge on any atom is 0.321 e. The number of aromatic nitrogens is 1. The summed E-state index contributed by atoms with van der Waals surface area (Å²) >= 11 is 0. The van der Waals surface area contributed by atoms with Gasteiger partial charge in [0.15, 0.2) is 0 Å². The van der Waals surface area contributed by atoms with Gasteiger partial charge in [0.2, 0.25) is 5.91 Å². The van der Waals surface area contributed by atoms with Crippen LogP contribution < -0.4 is 10.6 Å². The maximum atomic E-state index is 11.8. The molecule has 1 amide bonds. The molecule has 0 spiro atoms. The zero-order valence-electron chi connectivity index (χ0n) is 11.9. The summed E-state index contributed by atoms with van der Waals surface area (Å²) in [6.45, 7) is 0.567. The van der Waals surface area contributed by atoms with Gasteiger partial charge in [-0.3, -0.25) is 19.9 Å². The molecule has 0 radical (unpaired) electrons. The zero-order chi connectivity index (χ0) is 15.8. The van der Waals surface area contributed by atoms with Crippen molar-refractivity contribution in [1.29, 1.82) is 0 Å². The molecule has 3 N–H and O–H groups in total. The second kappa shape index (κ2) is 7.94. The van der Waals surface area contributed by atoms with E-state index in [0.717, 1.165) is 5.56 Å². The Balaban J connectivity index is 1.80. The van der Waals surface area contributed by atoms with Gasteiger partial charge in [-0.15, -0.1) is 0 Å². The fourth-order valence-electron chi connectivity index (χ4n) is 1.85. The first-order valence-corrected chi connectivity index (χ1v) is 6.79. The van der Waals surface area contributed by atoms with Crippen molar-refractivity contribution in [3.05, 3.63) is 54.2 Å². The van der Waals surface area contributed by atoms with Gasteiger partial charge in [-0.25, -0.2) is 0 Å². The molecular formula is C15H17N3O4. The number of hydrogen-bond acceptors (Lipinski definition) is 5. The van der Waals surface area contributed by atoms with Gasteiger partial charge >= 0.3 is 5.97 Å². The lowest BCUT2D eigenvalue weighted by Gasteiger charge is -2.14. The number of hydrogen-bond donors (Lipinski definition) is 3. The summed E-state index contributed by atoms with van der Waals surface area (Å²) in [7, 11) is 0. The van der Waals surface area contributed by atoms with Crippen molar-refractivity contribution >= 4 is 11.9 Å². The van der Waals surface area contributed by atoms with E-state index in [1.54, 1.807) is 30.6 Å². The minimum atomic E-state index is -1.07. The van der Waals surface area contributed by atoms with E-state index < -0.39 is 12.0 Å². The van der Waals surface area contributed by atoms with Crippen molar-refractivity contribution in [1.82, 2.24) is 15.6 Å². The lowest BCUT2D eigenvalue weighted by Crippen LogP contribution is -2.40. The number of amides is 1. The van der Waals surface area contributed by atoms with Crippen LogP contribution in [0, 0.1) is 0 Å². The van der Waals surface area contributed by atoms with Crippen molar-refractivity contribution in [2.75, 3.05) is 0 Å². The van der Waals surface area contributed by atoms with Gasteiger partial charge in [-0.1, -0.05) is 6.07 Å². The summed E-state index contributed by atoms with van der Waals surface area (Å²) in [5.74, 6) is -0.817. The molecule has 1 atom stereocenters. The normalized spacial score (nSPS) is 11.8. The van der Waals surface area contributed by atoms with E-state index in [1.807, 2.05) is 6.07 Å². The summed E-state index contributed by atoms with van der Waals surface area (Å²) in [5, 5.41) is 14.6. The molecule has 0 aliphatic rings. The summed E-state index contributed by atoms with van der Waals surface area (Å²) in [4.78, 5) is 27.0. The van der Waals surface area contributed by atoms with Crippen LogP contribution in [0.1, 0.15) is 17.7 Å². The third-order valence-corrected chi connectivity index (χ3v) is 3.00. The van der Waals surface area contributed by atoms with Gasteiger partial charge in [-0.2, -0.15) is 0 Å². The molecule has 2 aromatic rings. The predicted molar refractivity (Wildman–Crippen MR) is 77.7 cm³/mol. The van der Waals surface area contributed by atoms with Crippen molar-refractivity contribution in [2.24, 2.45) is 0 Å². The largest absolute Gasteiger partial charge is 0.480 e. The second-order valence-corrected chi connectivity index (χ2v) is 4.69. The van der Waals surface area contributed by atoms with Crippen molar-refractivity contribution in [3.8, 4) is 0 Å². The lowest BCUT2D eigenvalue weighted by atomic mass is 10.2. The maximum absolute atomic E-state index is 11.8. The van der Waals surface area contributed by atoms with E-state index >= 15 is 0 Å². The monoisotopic (exact) mass is 303 g/mol. The molecule has 116 valence electrons. The first-order valence-electron chi connectivity index (χ1n) is 6.79. The molecule has 22 heavy (non-hydrogen) atoms. The number of carbonyl (C=O) groups excluding carboxylic acids is 1. The molecule has 0 bridgehead atoms. The molecule has 0 saturated carbocycles. The van der Waals surface area contributed by atoms with Gasteiger partial charge < -0.3 is 14.8 Å². The standard InChI is InChI=1S/C15H17N3O4/c19-14(18-10-12-4-2-6-22-12)7-13(15(20)21)17-9-11-3-1-5-16-8-11/h1-6,8,13,17H,7,9-10H2,(H,18,19)(H,20,21). The lowest BCUT2D eigenvalue weighted by molar-refractivity contribution is -0.141. The fourth-order valence-corrected chi connectivity index (χ4v) is 1.85. The number of carbonyl (C=O) groups is 2. The Kier molecular flexibility index (Phi) is 5.67. The van der Waals surface area contributed by atoms with Crippen LogP contribution in [0.25, 0.3) is 0 Å². The molecule has 7 nitrogen and oxygen atoms in total. The Morgan fingerprint density at radius 2 is 2.14 bits per heavy atom. The molecule has 0 aliphatic heterocycles. The van der Waals surface area contributed by atoms with Crippen LogP contribution in [0.3, 0.4) is 0 Å². The van der Waals surface area contributed by atoms with Crippen molar-refractivity contribution < 1.29 is 19.1 Å². The van der Waals surface area contributed by atoms with E-state index in [9.17, 15) is 14.7 Å².